The maximum Gasteiger partial charge on any atom is 0.305 e. The lowest BCUT2D eigenvalue weighted by atomic mass is 9.94. The number of nitrogens with zero attached hydrogens (tertiary/aromatic N) is 2. The van der Waals surface area contributed by atoms with Crippen LogP contribution in [0.3, 0.4) is 0 Å². The van der Waals surface area contributed by atoms with E-state index in [1.54, 1.807) is 43.6 Å². The first-order valence-corrected chi connectivity index (χ1v) is 13.0. The van der Waals surface area contributed by atoms with E-state index < -0.39 is 5.97 Å². The largest absolute Gasteiger partial charge is 0.497 e. The molecule has 2 amide bonds. The number of carbonyl (C=O) groups excluding carboxylic acids is 2. The van der Waals surface area contributed by atoms with E-state index in [1.165, 1.54) is 4.90 Å². The number of ether oxygens (including phenoxy) is 1. The molecule has 4 rings (SSSR count). The van der Waals surface area contributed by atoms with Crippen LogP contribution in [-0.2, 0) is 17.8 Å². The molecule has 0 radical (unpaired) electrons. The van der Waals surface area contributed by atoms with E-state index >= 15 is 0 Å². The average Bonchev–Trinajstić information content (AvgIpc) is 3.00. The average molecular weight is 538 g/mol. The molecule has 0 aliphatic heterocycles. The first kappa shape index (κ1) is 28.0. The fourth-order valence-electron chi connectivity index (χ4n) is 4.35. The van der Waals surface area contributed by atoms with Gasteiger partial charge in [0, 0.05) is 49.1 Å². The molecule has 0 unspecified atom stereocenters. The topological polar surface area (TPSA) is 109 Å². The van der Waals surface area contributed by atoms with Crippen molar-refractivity contribution in [2.75, 3.05) is 20.2 Å². The number of hydrogen-bond acceptors (Lipinski definition) is 5. The van der Waals surface area contributed by atoms with Crippen molar-refractivity contribution < 1.29 is 24.2 Å². The number of pyridine rings is 1. The lowest BCUT2D eigenvalue weighted by Crippen LogP contribution is -2.35. The molecule has 0 spiro atoms. The predicted octanol–water partition coefficient (Wildman–Crippen LogP) is 4.85. The van der Waals surface area contributed by atoms with Crippen molar-refractivity contribution in [3.63, 3.8) is 0 Å². The Bertz CT molecular complexity index is 1460. The van der Waals surface area contributed by atoms with Gasteiger partial charge in [0.15, 0.2) is 0 Å². The molecule has 0 aliphatic rings. The van der Waals surface area contributed by atoms with Gasteiger partial charge in [0.05, 0.1) is 13.5 Å². The zero-order valence-corrected chi connectivity index (χ0v) is 22.2. The SMILES string of the molecule is COc1ccc(CNC(=O)c2ccccc2-c2ccccc2C(=O)N(CCC(=O)O)CCc2ccccn2)cc1. The van der Waals surface area contributed by atoms with E-state index in [1.807, 2.05) is 60.7 Å². The van der Waals surface area contributed by atoms with Crippen LogP contribution in [0.5, 0.6) is 5.75 Å². The molecule has 204 valence electrons. The van der Waals surface area contributed by atoms with Crippen molar-refractivity contribution in [2.24, 2.45) is 0 Å². The highest BCUT2D eigenvalue weighted by Gasteiger charge is 2.22. The first-order valence-electron chi connectivity index (χ1n) is 13.0. The Morgan fingerprint density at radius 1 is 0.825 bits per heavy atom. The van der Waals surface area contributed by atoms with Crippen molar-refractivity contribution in [3.05, 3.63) is 120 Å². The van der Waals surface area contributed by atoms with Gasteiger partial charge in [-0.3, -0.25) is 19.4 Å². The summed E-state index contributed by atoms with van der Waals surface area (Å²) < 4.78 is 5.19. The van der Waals surface area contributed by atoms with Gasteiger partial charge < -0.3 is 20.1 Å². The summed E-state index contributed by atoms with van der Waals surface area (Å²) in [6, 6.07) is 27.2. The minimum absolute atomic E-state index is 0.0549. The normalized spacial score (nSPS) is 10.5. The minimum Gasteiger partial charge on any atom is -0.497 e. The Morgan fingerprint density at radius 2 is 1.48 bits per heavy atom. The van der Waals surface area contributed by atoms with Crippen molar-refractivity contribution in [1.82, 2.24) is 15.2 Å². The molecule has 0 saturated heterocycles. The highest BCUT2D eigenvalue weighted by molar-refractivity contribution is 6.06. The van der Waals surface area contributed by atoms with Crippen LogP contribution in [0.25, 0.3) is 11.1 Å². The predicted molar refractivity (Wildman–Crippen MR) is 152 cm³/mol. The van der Waals surface area contributed by atoms with Crippen LogP contribution in [0.1, 0.15) is 38.4 Å². The van der Waals surface area contributed by atoms with Gasteiger partial charge >= 0.3 is 5.97 Å². The van der Waals surface area contributed by atoms with Crippen LogP contribution in [-0.4, -0.2) is 53.0 Å². The summed E-state index contributed by atoms with van der Waals surface area (Å²) in [6.07, 6.45) is 1.99. The number of hydrogen-bond donors (Lipinski definition) is 2. The molecule has 0 fully saturated rings. The maximum atomic E-state index is 13.8. The zero-order valence-electron chi connectivity index (χ0n) is 22.2. The second-order valence-electron chi connectivity index (χ2n) is 9.13. The van der Waals surface area contributed by atoms with Gasteiger partial charge in [0.25, 0.3) is 11.8 Å². The number of aromatic nitrogens is 1. The summed E-state index contributed by atoms with van der Waals surface area (Å²) in [5, 5.41) is 12.2. The highest BCUT2D eigenvalue weighted by Crippen LogP contribution is 2.28. The van der Waals surface area contributed by atoms with Gasteiger partial charge in [-0.05, 0) is 53.1 Å². The summed E-state index contributed by atoms with van der Waals surface area (Å²) >= 11 is 0. The van der Waals surface area contributed by atoms with Crippen LogP contribution in [0.4, 0.5) is 0 Å². The van der Waals surface area contributed by atoms with Gasteiger partial charge in [0.1, 0.15) is 5.75 Å². The van der Waals surface area contributed by atoms with Gasteiger partial charge in [-0.25, -0.2) is 0 Å². The number of nitrogens with one attached hydrogen (secondary N) is 1. The van der Waals surface area contributed by atoms with Crippen molar-refractivity contribution in [1.29, 1.82) is 0 Å². The maximum absolute atomic E-state index is 13.8. The molecule has 0 atom stereocenters. The number of methoxy groups -OCH3 is 1. The molecule has 3 aromatic carbocycles. The molecule has 4 aromatic rings. The van der Waals surface area contributed by atoms with E-state index in [0.717, 1.165) is 17.0 Å². The van der Waals surface area contributed by atoms with E-state index in [9.17, 15) is 19.5 Å². The van der Waals surface area contributed by atoms with E-state index in [2.05, 4.69) is 10.3 Å². The third kappa shape index (κ3) is 7.32. The second kappa shape index (κ2) is 13.7. The van der Waals surface area contributed by atoms with Crippen LogP contribution in [0.2, 0.25) is 0 Å². The van der Waals surface area contributed by atoms with Crippen LogP contribution >= 0.6 is 0 Å². The lowest BCUT2D eigenvalue weighted by molar-refractivity contribution is -0.137. The molecule has 0 aliphatic carbocycles. The lowest BCUT2D eigenvalue weighted by Gasteiger charge is -2.24. The number of rotatable bonds is 12. The van der Waals surface area contributed by atoms with Gasteiger partial charge in [-0.2, -0.15) is 0 Å². The van der Waals surface area contributed by atoms with Crippen LogP contribution < -0.4 is 10.1 Å². The van der Waals surface area contributed by atoms with E-state index in [4.69, 9.17) is 4.74 Å². The molecule has 1 heterocycles. The highest BCUT2D eigenvalue weighted by atomic mass is 16.5. The van der Waals surface area contributed by atoms with Gasteiger partial charge in [-0.1, -0.05) is 54.6 Å². The quantitative estimate of drug-likeness (QED) is 0.268. The molecule has 2 N–H and O–H groups in total. The summed E-state index contributed by atoms with van der Waals surface area (Å²) in [5.74, 6) is -0.824. The number of aliphatic carboxylic acids is 1. The Balaban J connectivity index is 1.58. The first-order chi connectivity index (χ1) is 19.5. The second-order valence-corrected chi connectivity index (χ2v) is 9.13. The molecule has 0 saturated carbocycles. The Kier molecular flexibility index (Phi) is 9.61. The summed E-state index contributed by atoms with van der Waals surface area (Å²) in [6.45, 7) is 0.689. The molecule has 0 bridgehead atoms. The minimum atomic E-state index is -0.984. The smallest absolute Gasteiger partial charge is 0.305 e. The number of amides is 2. The van der Waals surface area contributed by atoms with Crippen LogP contribution in [0.15, 0.2) is 97.2 Å². The monoisotopic (exact) mass is 537 g/mol. The molecule has 8 nitrogen and oxygen atoms in total. The van der Waals surface area contributed by atoms with Crippen LogP contribution in [0, 0.1) is 0 Å². The third-order valence-corrected chi connectivity index (χ3v) is 6.48. The summed E-state index contributed by atoms with van der Waals surface area (Å²) in [5.41, 5.74) is 3.76. The molecule has 40 heavy (non-hydrogen) atoms. The van der Waals surface area contributed by atoms with E-state index in [-0.39, 0.29) is 24.8 Å². The fraction of sp³-hybridized carbons (Fsp3) is 0.188. The molecule has 1 aromatic heterocycles. The zero-order chi connectivity index (χ0) is 28.3. The number of benzene rings is 3. The van der Waals surface area contributed by atoms with Gasteiger partial charge in [-0.15, -0.1) is 0 Å². The van der Waals surface area contributed by atoms with Crippen molar-refractivity contribution in [2.45, 2.75) is 19.4 Å². The van der Waals surface area contributed by atoms with Gasteiger partial charge in [0.2, 0.25) is 0 Å². The van der Waals surface area contributed by atoms with E-state index in [0.29, 0.717) is 41.8 Å². The molecule has 8 heteroatoms. The summed E-state index contributed by atoms with van der Waals surface area (Å²) in [4.78, 5) is 44.3. The number of carbonyl (C=O) groups is 3. The summed E-state index contributed by atoms with van der Waals surface area (Å²) in [7, 11) is 1.60. The third-order valence-electron chi connectivity index (χ3n) is 6.48. The standard InChI is InChI=1S/C32H31N3O5/c1-40-25-15-13-23(14-16-25)22-34-31(38)28-11-4-2-9-26(28)27-10-3-5-12-29(27)32(39)35(21-18-30(36)37)20-17-24-8-6-7-19-33-24/h2-16,19H,17-18,20-22H2,1H3,(H,34,38)(H,36,37). The molecular weight excluding hydrogens is 506 g/mol. The Hall–Kier alpha value is -4.98. The Labute approximate surface area is 233 Å². The molecular formula is C32H31N3O5. The Morgan fingerprint density at radius 3 is 2.12 bits per heavy atom. The number of carboxylic acids is 1. The fourth-order valence-corrected chi connectivity index (χ4v) is 4.35. The number of carboxylic acid groups (broad SMARTS) is 1. The van der Waals surface area contributed by atoms with Crippen molar-refractivity contribution >= 4 is 17.8 Å². The van der Waals surface area contributed by atoms with Crippen molar-refractivity contribution in [3.8, 4) is 16.9 Å².